The zero-order chi connectivity index (χ0) is 9.84. The number of halogens is 2. The summed E-state index contributed by atoms with van der Waals surface area (Å²) in [6.07, 6.45) is 0. The molecule has 4 nitrogen and oxygen atoms in total. The van der Waals surface area contributed by atoms with Crippen molar-refractivity contribution in [3.05, 3.63) is 16.4 Å². The van der Waals surface area contributed by atoms with Crippen LogP contribution in [0.5, 0.6) is 0 Å². The Morgan fingerprint density at radius 2 is 2.23 bits per heavy atom. The molecule has 0 spiro atoms. The predicted octanol–water partition coefficient (Wildman–Crippen LogP) is 1.58. The van der Waals surface area contributed by atoms with Crippen LogP contribution in [0, 0.1) is 0 Å². The highest BCUT2D eigenvalue weighted by Crippen LogP contribution is 2.21. The van der Waals surface area contributed by atoms with E-state index in [0.29, 0.717) is 5.69 Å². The number of hydrogen-bond acceptors (Lipinski definition) is 4. The molecule has 0 aliphatic carbocycles. The van der Waals surface area contributed by atoms with E-state index in [1.807, 2.05) is 6.92 Å². The number of aliphatic hydroxyl groups excluding tert-OH is 1. The summed E-state index contributed by atoms with van der Waals surface area (Å²) in [5, 5.41) is 19.4. The summed E-state index contributed by atoms with van der Waals surface area (Å²) in [6.45, 7) is 1.82. The normalized spacial score (nSPS) is 12.6. The van der Waals surface area contributed by atoms with Gasteiger partial charge in [-0.2, -0.15) is 0 Å². The molecule has 0 saturated heterocycles. The molecule has 0 aliphatic rings. The lowest BCUT2D eigenvalue weighted by molar-refractivity contribution is 0.281. The minimum atomic E-state index is -0.0993. The lowest BCUT2D eigenvalue weighted by Crippen LogP contribution is -2.19. The second kappa shape index (κ2) is 4.60. The Morgan fingerprint density at radius 1 is 1.54 bits per heavy atom. The van der Waals surface area contributed by atoms with Gasteiger partial charge in [0.05, 0.1) is 12.3 Å². The smallest absolute Gasteiger partial charge is 0.174 e. The molecule has 0 aliphatic heterocycles. The predicted molar refractivity (Wildman–Crippen MR) is 52.2 cm³/mol. The van der Waals surface area contributed by atoms with Gasteiger partial charge in [0.15, 0.2) is 10.3 Å². The Labute approximate surface area is 85.9 Å². The van der Waals surface area contributed by atoms with Crippen molar-refractivity contribution in [1.29, 1.82) is 0 Å². The topological polar surface area (TPSA) is 58.0 Å². The summed E-state index contributed by atoms with van der Waals surface area (Å²) >= 11 is 11.3. The quantitative estimate of drug-likeness (QED) is 0.814. The third-order valence-corrected chi connectivity index (χ3v) is 1.86. The first-order chi connectivity index (χ1) is 6.13. The molecule has 1 unspecified atom stereocenters. The van der Waals surface area contributed by atoms with Gasteiger partial charge in [-0.1, -0.05) is 23.2 Å². The second-order valence-corrected chi connectivity index (χ2v) is 3.34. The monoisotopic (exact) mass is 221 g/mol. The summed E-state index contributed by atoms with van der Waals surface area (Å²) < 4.78 is 0. The highest BCUT2D eigenvalue weighted by atomic mass is 35.5. The molecule has 0 bridgehead atoms. The van der Waals surface area contributed by atoms with Crippen LogP contribution in [0.4, 0.5) is 5.69 Å². The van der Waals surface area contributed by atoms with Crippen LogP contribution in [-0.2, 0) is 0 Å². The maximum Gasteiger partial charge on any atom is 0.174 e. The summed E-state index contributed by atoms with van der Waals surface area (Å²) in [7, 11) is 0. The Hall–Kier alpha value is -0.580. The molecule has 0 amide bonds. The number of hydrogen-bond donors (Lipinski definition) is 2. The third-order valence-electron chi connectivity index (χ3n) is 1.39. The van der Waals surface area contributed by atoms with E-state index in [-0.39, 0.29) is 23.0 Å². The van der Waals surface area contributed by atoms with Crippen LogP contribution in [-0.4, -0.2) is 28.0 Å². The first-order valence-electron chi connectivity index (χ1n) is 3.69. The Kier molecular flexibility index (Phi) is 3.71. The van der Waals surface area contributed by atoms with Gasteiger partial charge in [-0.05, 0) is 6.92 Å². The Bertz CT molecular complexity index is 295. The molecule has 2 N–H and O–H groups in total. The number of aliphatic hydroxyl groups is 1. The van der Waals surface area contributed by atoms with E-state index in [1.165, 1.54) is 0 Å². The molecular weight excluding hydrogens is 213 g/mol. The number of nitrogens with zero attached hydrogens (tertiary/aromatic N) is 2. The molecule has 0 fully saturated rings. The van der Waals surface area contributed by atoms with Gasteiger partial charge in [-0.3, -0.25) is 0 Å². The molecule has 0 aromatic carbocycles. The zero-order valence-electron chi connectivity index (χ0n) is 6.96. The van der Waals surface area contributed by atoms with Gasteiger partial charge in [-0.15, -0.1) is 10.2 Å². The van der Waals surface area contributed by atoms with Crippen LogP contribution < -0.4 is 5.32 Å². The molecular formula is C7H9Cl2N3O. The molecule has 0 radical (unpaired) electrons. The van der Waals surface area contributed by atoms with Crippen molar-refractivity contribution in [2.75, 3.05) is 11.9 Å². The summed E-state index contributed by atoms with van der Waals surface area (Å²) in [4.78, 5) is 0. The molecule has 6 heteroatoms. The average Bonchev–Trinajstić information content (AvgIpc) is 2.11. The standard InChI is InChI=1S/C7H9Cl2N3O/c1-4(3-13)10-5-2-6(8)11-12-7(5)9/h2,4,13H,3H2,1H3,(H,10,11). The van der Waals surface area contributed by atoms with E-state index in [2.05, 4.69) is 15.5 Å². The Balaban J connectivity index is 2.81. The van der Waals surface area contributed by atoms with Gasteiger partial charge < -0.3 is 10.4 Å². The van der Waals surface area contributed by atoms with Gasteiger partial charge in [0.25, 0.3) is 0 Å². The van der Waals surface area contributed by atoms with Crippen molar-refractivity contribution in [2.45, 2.75) is 13.0 Å². The van der Waals surface area contributed by atoms with E-state index in [4.69, 9.17) is 28.3 Å². The molecule has 1 heterocycles. The van der Waals surface area contributed by atoms with Crippen molar-refractivity contribution in [3.63, 3.8) is 0 Å². The summed E-state index contributed by atoms with van der Waals surface area (Å²) in [5.41, 5.74) is 0.572. The van der Waals surface area contributed by atoms with Crippen molar-refractivity contribution < 1.29 is 5.11 Å². The third kappa shape index (κ3) is 2.99. The van der Waals surface area contributed by atoms with Gasteiger partial charge in [-0.25, -0.2) is 0 Å². The van der Waals surface area contributed by atoms with Crippen LogP contribution in [0.2, 0.25) is 10.3 Å². The number of rotatable bonds is 3. The highest BCUT2D eigenvalue weighted by Gasteiger charge is 2.06. The summed E-state index contributed by atoms with van der Waals surface area (Å²) in [5.74, 6) is 0. The van der Waals surface area contributed by atoms with Crippen LogP contribution in [0.25, 0.3) is 0 Å². The van der Waals surface area contributed by atoms with Crippen LogP contribution in [0.1, 0.15) is 6.92 Å². The van der Waals surface area contributed by atoms with E-state index in [9.17, 15) is 0 Å². The SMILES string of the molecule is CC(CO)Nc1cc(Cl)nnc1Cl. The van der Waals surface area contributed by atoms with Crippen LogP contribution in [0.15, 0.2) is 6.07 Å². The van der Waals surface area contributed by atoms with Crippen molar-refractivity contribution in [3.8, 4) is 0 Å². The van der Waals surface area contributed by atoms with E-state index in [0.717, 1.165) is 0 Å². The highest BCUT2D eigenvalue weighted by molar-refractivity contribution is 6.33. The minimum absolute atomic E-state index is 0.0102. The maximum atomic E-state index is 8.78. The van der Waals surface area contributed by atoms with Gasteiger partial charge in [0.1, 0.15) is 0 Å². The lowest BCUT2D eigenvalue weighted by Gasteiger charge is -2.12. The zero-order valence-corrected chi connectivity index (χ0v) is 8.47. The van der Waals surface area contributed by atoms with Gasteiger partial charge in [0, 0.05) is 12.1 Å². The van der Waals surface area contributed by atoms with Crippen LogP contribution in [0.3, 0.4) is 0 Å². The number of nitrogens with one attached hydrogen (secondary N) is 1. The molecule has 72 valence electrons. The van der Waals surface area contributed by atoms with Crippen LogP contribution >= 0.6 is 23.2 Å². The summed E-state index contributed by atoms with van der Waals surface area (Å²) in [6, 6.07) is 1.46. The van der Waals surface area contributed by atoms with Gasteiger partial charge >= 0.3 is 0 Å². The van der Waals surface area contributed by atoms with E-state index in [1.54, 1.807) is 6.07 Å². The number of aromatic nitrogens is 2. The molecule has 1 aromatic rings. The molecule has 13 heavy (non-hydrogen) atoms. The van der Waals surface area contributed by atoms with Gasteiger partial charge in [0.2, 0.25) is 0 Å². The van der Waals surface area contributed by atoms with Crippen molar-refractivity contribution >= 4 is 28.9 Å². The maximum absolute atomic E-state index is 8.78. The Morgan fingerprint density at radius 3 is 2.85 bits per heavy atom. The molecule has 0 saturated carbocycles. The fraction of sp³-hybridized carbons (Fsp3) is 0.429. The van der Waals surface area contributed by atoms with Crippen molar-refractivity contribution in [1.82, 2.24) is 10.2 Å². The minimum Gasteiger partial charge on any atom is -0.394 e. The fourth-order valence-corrected chi connectivity index (χ4v) is 1.06. The van der Waals surface area contributed by atoms with E-state index >= 15 is 0 Å². The van der Waals surface area contributed by atoms with E-state index < -0.39 is 0 Å². The lowest BCUT2D eigenvalue weighted by atomic mass is 10.3. The molecule has 1 atom stereocenters. The molecule has 1 rings (SSSR count). The first-order valence-corrected chi connectivity index (χ1v) is 4.45. The fourth-order valence-electron chi connectivity index (χ4n) is 0.765. The average molecular weight is 222 g/mol. The number of anilines is 1. The second-order valence-electron chi connectivity index (χ2n) is 2.60. The van der Waals surface area contributed by atoms with Crippen molar-refractivity contribution in [2.24, 2.45) is 0 Å². The molecule has 1 aromatic heterocycles. The largest absolute Gasteiger partial charge is 0.394 e. The first kappa shape index (κ1) is 10.5.